The van der Waals surface area contributed by atoms with Crippen LogP contribution in [0.5, 0.6) is 5.75 Å². The highest BCUT2D eigenvalue weighted by molar-refractivity contribution is 6.29. The maximum atomic E-state index is 12.9. The van der Waals surface area contributed by atoms with E-state index in [4.69, 9.17) is 16.3 Å². The highest BCUT2D eigenvalue weighted by atomic mass is 35.5. The number of fused-ring (bicyclic) bond motifs is 1. The molecule has 2 aromatic rings. The van der Waals surface area contributed by atoms with Crippen LogP contribution in [0.2, 0.25) is 5.15 Å². The van der Waals surface area contributed by atoms with E-state index in [1.165, 1.54) is 12.1 Å². The van der Waals surface area contributed by atoms with Crippen molar-refractivity contribution in [2.24, 2.45) is 5.92 Å². The van der Waals surface area contributed by atoms with E-state index in [1.807, 2.05) is 6.07 Å². The molecule has 4 rings (SSSR count). The topological polar surface area (TPSA) is 41.5 Å². The molecule has 3 heterocycles. The lowest BCUT2D eigenvalue weighted by Gasteiger charge is -2.37. The largest absolute Gasteiger partial charge is 0.493 e. The molecule has 25 heavy (non-hydrogen) atoms. The molecule has 0 bridgehead atoms. The van der Waals surface area contributed by atoms with Gasteiger partial charge in [-0.15, -0.1) is 10.2 Å². The summed E-state index contributed by atoms with van der Waals surface area (Å²) in [7, 11) is 0. The van der Waals surface area contributed by atoms with E-state index in [0.29, 0.717) is 23.7 Å². The van der Waals surface area contributed by atoms with Crippen molar-refractivity contribution in [3.8, 4) is 5.75 Å². The zero-order valence-electron chi connectivity index (χ0n) is 13.8. The summed E-state index contributed by atoms with van der Waals surface area (Å²) in [5, 5.41) is 8.54. The van der Waals surface area contributed by atoms with Gasteiger partial charge in [-0.05, 0) is 42.8 Å². The molecular weight excluding hydrogens is 343 g/mol. The Hall–Kier alpha value is -1.92. The number of aromatic nitrogens is 2. The first-order chi connectivity index (χ1) is 12.2. The fraction of sp³-hybridized carbons (Fsp3) is 0.444. The average Bonchev–Trinajstić information content (AvgIpc) is 3.04. The van der Waals surface area contributed by atoms with Crippen LogP contribution >= 0.6 is 11.6 Å². The van der Waals surface area contributed by atoms with Gasteiger partial charge in [0.1, 0.15) is 11.6 Å². The third kappa shape index (κ3) is 3.85. The molecule has 0 aliphatic carbocycles. The highest BCUT2D eigenvalue weighted by Crippen LogP contribution is 2.29. The van der Waals surface area contributed by atoms with Crippen molar-refractivity contribution < 1.29 is 9.13 Å². The molecule has 0 saturated carbocycles. The van der Waals surface area contributed by atoms with E-state index in [0.717, 1.165) is 44.2 Å². The van der Waals surface area contributed by atoms with Crippen molar-refractivity contribution in [3.63, 3.8) is 0 Å². The maximum absolute atomic E-state index is 12.9. The predicted octanol–water partition coefficient (Wildman–Crippen LogP) is 2.86. The average molecular weight is 363 g/mol. The van der Waals surface area contributed by atoms with E-state index in [1.54, 1.807) is 18.2 Å². The van der Waals surface area contributed by atoms with Crippen molar-refractivity contribution in [2.75, 3.05) is 37.7 Å². The number of hydrogen-bond acceptors (Lipinski definition) is 5. The Morgan fingerprint density at radius 1 is 1.08 bits per heavy atom. The lowest BCUT2D eigenvalue weighted by Crippen LogP contribution is -2.50. The van der Waals surface area contributed by atoms with E-state index >= 15 is 0 Å². The molecule has 132 valence electrons. The van der Waals surface area contributed by atoms with Crippen LogP contribution in [0.25, 0.3) is 0 Å². The minimum Gasteiger partial charge on any atom is -0.493 e. The summed E-state index contributed by atoms with van der Waals surface area (Å²) in [5.41, 5.74) is 0. The molecule has 1 aromatic carbocycles. The molecule has 7 heteroatoms. The molecule has 2 aliphatic heterocycles. The summed E-state index contributed by atoms with van der Waals surface area (Å²) >= 11 is 5.82. The minimum absolute atomic E-state index is 0.240. The van der Waals surface area contributed by atoms with E-state index in [9.17, 15) is 4.39 Å². The number of piperazine rings is 1. The van der Waals surface area contributed by atoms with Crippen LogP contribution in [-0.4, -0.2) is 53.9 Å². The van der Waals surface area contributed by atoms with Gasteiger partial charge in [0.15, 0.2) is 11.0 Å². The first-order valence-corrected chi connectivity index (χ1v) is 8.92. The standard InChI is InChI=1S/C18H20ClFN4O/c19-17-5-6-18(22-21-17)24-8-7-23-10-13(9-15(23)11-24)12-25-16-3-1-14(20)2-4-16/h1-6,13,15H,7-12H2. The number of benzene rings is 1. The van der Waals surface area contributed by atoms with Crippen LogP contribution < -0.4 is 9.64 Å². The Bertz CT molecular complexity index is 712. The van der Waals surface area contributed by atoms with Crippen LogP contribution in [0.15, 0.2) is 36.4 Å². The normalized spacial score (nSPS) is 23.5. The van der Waals surface area contributed by atoms with E-state index in [-0.39, 0.29) is 5.82 Å². The fourth-order valence-electron chi connectivity index (χ4n) is 3.70. The van der Waals surface area contributed by atoms with E-state index in [2.05, 4.69) is 20.0 Å². The molecule has 2 fully saturated rings. The van der Waals surface area contributed by atoms with Gasteiger partial charge in [0.25, 0.3) is 0 Å². The van der Waals surface area contributed by atoms with Gasteiger partial charge in [0.05, 0.1) is 6.61 Å². The Morgan fingerprint density at radius 2 is 1.92 bits per heavy atom. The number of anilines is 1. The number of nitrogens with zero attached hydrogens (tertiary/aromatic N) is 4. The first-order valence-electron chi connectivity index (χ1n) is 8.54. The molecule has 0 radical (unpaired) electrons. The molecule has 0 N–H and O–H groups in total. The van der Waals surface area contributed by atoms with Gasteiger partial charge in [-0.25, -0.2) is 4.39 Å². The third-order valence-corrected chi connectivity index (χ3v) is 5.15. The molecule has 2 unspecified atom stereocenters. The van der Waals surface area contributed by atoms with Crippen LogP contribution in [0.1, 0.15) is 6.42 Å². The van der Waals surface area contributed by atoms with Crippen LogP contribution in [-0.2, 0) is 0 Å². The summed E-state index contributed by atoms with van der Waals surface area (Å²) in [5.74, 6) is 1.86. The Labute approximate surface area is 151 Å². The second-order valence-electron chi connectivity index (χ2n) is 6.68. The Kier molecular flexibility index (Phi) is 4.72. The summed E-state index contributed by atoms with van der Waals surface area (Å²) in [6.45, 7) is 4.62. The van der Waals surface area contributed by atoms with Gasteiger partial charge < -0.3 is 9.64 Å². The lowest BCUT2D eigenvalue weighted by atomic mass is 10.1. The van der Waals surface area contributed by atoms with Crippen molar-refractivity contribution in [3.05, 3.63) is 47.4 Å². The monoisotopic (exact) mass is 362 g/mol. The number of halogens is 2. The summed E-state index contributed by atoms with van der Waals surface area (Å²) < 4.78 is 18.8. The van der Waals surface area contributed by atoms with Crippen molar-refractivity contribution in [1.82, 2.24) is 15.1 Å². The first kappa shape index (κ1) is 16.5. The number of hydrogen-bond donors (Lipinski definition) is 0. The zero-order chi connectivity index (χ0) is 17.2. The number of rotatable bonds is 4. The summed E-state index contributed by atoms with van der Waals surface area (Å²) in [6.07, 6.45) is 1.10. The number of ether oxygens (including phenoxy) is 1. The molecule has 0 spiro atoms. The smallest absolute Gasteiger partial charge is 0.151 e. The highest BCUT2D eigenvalue weighted by Gasteiger charge is 2.36. The molecular formula is C18H20ClFN4O. The fourth-order valence-corrected chi connectivity index (χ4v) is 3.80. The molecule has 2 saturated heterocycles. The quantitative estimate of drug-likeness (QED) is 0.836. The van der Waals surface area contributed by atoms with Gasteiger partial charge in [-0.1, -0.05) is 11.6 Å². The molecule has 2 aliphatic rings. The van der Waals surface area contributed by atoms with Gasteiger partial charge in [-0.3, -0.25) is 4.90 Å². The van der Waals surface area contributed by atoms with Gasteiger partial charge in [0, 0.05) is 38.1 Å². The third-order valence-electron chi connectivity index (χ3n) is 4.94. The van der Waals surface area contributed by atoms with Gasteiger partial charge in [0.2, 0.25) is 0 Å². The van der Waals surface area contributed by atoms with Gasteiger partial charge in [-0.2, -0.15) is 0 Å². The second kappa shape index (κ2) is 7.14. The van der Waals surface area contributed by atoms with E-state index < -0.39 is 0 Å². The van der Waals surface area contributed by atoms with Gasteiger partial charge >= 0.3 is 0 Å². The summed E-state index contributed by atoms with van der Waals surface area (Å²) in [4.78, 5) is 4.80. The molecule has 2 atom stereocenters. The molecule has 1 aromatic heterocycles. The molecule has 0 amide bonds. The Morgan fingerprint density at radius 3 is 2.68 bits per heavy atom. The second-order valence-corrected chi connectivity index (χ2v) is 7.06. The van der Waals surface area contributed by atoms with Crippen LogP contribution in [0.3, 0.4) is 0 Å². The maximum Gasteiger partial charge on any atom is 0.151 e. The molecule has 5 nitrogen and oxygen atoms in total. The zero-order valence-corrected chi connectivity index (χ0v) is 14.6. The van der Waals surface area contributed by atoms with Crippen LogP contribution in [0, 0.1) is 11.7 Å². The van der Waals surface area contributed by atoms with Crippen molar-refractivity contribution in [1.29, 1.82) is 0 Å². The lowest BCUT2D eigenvalue weighted by molar-refractivity contribution is 0.216. The predicted molar refractivity (Wildman–Crippen MR) is 94.6 cm³/mol. The van der Waals surface area contributed by atoms with Crippen LogP contribution in [0.4, 0.5) is 10.2 Å². The SMILES string of the molecule is Fc1ccc(OCC2CC3CN(c4ccc(Cl)nn4)CCN3C2)cc1. The Balaban J connectivity index is 1.32. The van der Waals surface area contributed by atoms with Crippen molar-refractivity contribution in [2.45, 2.75) is 12.5 Å². The minimum atomic E-state index is -0.240. The van der Waals surface area contributed by atoms with Crippen molar-refractivity contribution >= 4 is 17.4 Å². The summed E-state index contributed by atoms with van der Waals surface area (Å²) in [6, 6.07) is 10.4.